The Bertz CT molecular complexity index is 625. The van der Waals surface area contributed by atoms with Crippen molar-refractivity contribution in [2.45, 2.75) is 19.4 Å². The number of rotatable bonds is 4. The summed E-state index contributed by atoms with van der Waals surface area (Å²) < 4.78 is 28.5. The van der Waals surface area contributed by atoms with Crippen LogP contribution in [-0.2, 0) is 13.5 Å². The molecule has 1 aromatic carbocycles. The molecule has 6 heteroatoms. The minimum Gasteiger partial charge on any atom is -0.313 e. The Morgan fingerprint density at radius 3 is 2.60 bits per heavy atom. The van der Waals surface area contributed by atoms with E-state index in [0.717, 1.165) is 17.5 Å². The fraction of sp³-hybridized carbons (Fsp3) is 0.357. The molecule has 1 aromatic heterocycles. The van der Waals surface area contributed by atoms with Crippen molar-refractivity contribution in [1.82, 2.24) is 15.1 Å². The van der Waals surface area contributed by atoms with Gasteiger partial charge in [-0.2, -0.15) is 5.10 Å². The van der Waals surface area contributed by atoms with E-state index < -0.39 is 11.6 Å². The molecule has 0 aliphatic rings. The van der Waals surface area contributed by atoms with Crippen molar-refractivity contribution >= 4 is 11.6 Å². The van der Waals surface area contributed by atoms with Gasteiger partial charge in [0, 0.05) is 31.1 Å². The second-order valence-corrected chi connectivity index (χ2v) is 5.06. The van der Waals surface area contributed by atoms with E-state index in [2.05, 4.69) is 10.4 Å². The van der Waals surface area contributed by atoms with Gasteiger partial charge in [-0.3, -0.25) is 4.68 Å². The van der Waals surface area contributed by atoms with E-state index in [-0.39, 0.29) is 6.04 Å². The average molecular weight is 300 g/mol. The zero-order valence-corrected chi connectivity index (χ0v) is 12.3. The van der Waals surface area contributed by atoms with Crippen molar-refractivity contribution in [3.8, 4) is 0 Å². The van der Waals surface area contributed by atoms with Gasteiger partial charge in [0.2, 0.25) is 0 Å². The van der Waals surface area contributed by atoms with E-state index in [0.29, 0.717) is 17.0 Å². The van der Waals surface area contributed by atoms with Crippen molar-refractivity contribution in [2.24, 2.45) is 7.05 Å². The topological polar surface area (TPSA) is 29.9 Å². The van der Waals surface area contributed by atoms with Crippen LogP contribution in [-0.4, -0.2) is 16.8 Å². The summed E-state index contributed by atoms with van der Waals surface area (Å²) in [7, 11) is 3.52. The van der Waals surface area contributed by atoms with Crippen LogP contribution in [0.15, 0.2) is 18.2 Å². The number of hydrogen-bond acceptors (Lipinski definition) is 2. The van der Waals surface area contributed by atoms with E-state index in [1.807, 2.05) is 6.92 Å². The molecule has 2 rings (SSSR count). The third-order valence-corrected chi connectivity index (χ3v) is 3.84. The monoisotopic (exact) mass is 299 g/mol. The third-order valence-electron chi connectivity index (χ3n) is 3.35. The van der Waals surface area contributed by atoms with Gasteiger partial charge < -0.3 is 5.32 Å². The van der Waals surface area contributed by atoms with Crippen LogP contribution in [0, 0.1) is 18.6 Å². The van der Waals surface area contributed by atoms with Crippen molar-refractivity contribution in [1.29, 1.82) is 0 Å². The highest BCUT2D eigenvalue weighted by Crippen LogP contribution is 2.26. The van der Waals surface area contributed by atoms with Crippen molar-refractivity contribution in [3.05, 3.63) is 51.8 Å². The van der Waals surface area contributed by atoms with Crippen molar-refractivity contribution in [3.63, 3.8) is 0 Å². The molecule has 0 saturated heterocycles. The van der Waals surface area contributed by atoms with E-state index in [1.54, 1.807) is 18.8 Å². The largest absolute Gasteiger partial charge is 0.313 e. The first-order chi connectivity index (χ1) is 9.43. The van der Waals surface area contributed by atoms with Crippen LogP contribution in [0.4, 0.5) is 8.78 Å². The van der Waals surface area contributed by atoms with Gasteiger partial charge in [0.25, 0.3) is 0 Å². The van der Waals surface area contributed by atoms with Crippen LogP contribution in [0.3, 0.4) is 0 Å². The minimum absolute atomic E-state index is 0.303. The van der Waals surface area contributed by atoms with Gasteiger partial charge in [0.05, 0.1) is 16.4 Å². The zero-order chi connectivity index (χ0) is 14.9. The summed E-state index contributed by atoms with van der Waals surface area (Å²) in [6.07, 6.45) is 0.467. The van der Waals surface area contributed by atoms with Crippen LogP contribution in [0.2, 0.25) is 5.02 Å². The first-order valence-electron chi connectivity index (χ1n) is 6.24. The molecule has 0 spiro atoms. The molecule has 2 aromatic rings. The number of nitrogens with zero attached hydrogens (tertiary/aromatic N) is 2. The van der Waals surface area contributed by atoms with Gasteiger partial charge in [-0.15, -0.1) is 0 Å². The Hall–Kier alpha value is -1.46. The fourth-order valence-electron chi connectivity index (χ4n) is 2.25. The molecule has 3 nitrogen and oxygen atoms in total. The van der Waals surface area contributed by atoms with Gasteiger partial charge in [-0.25, -0.2) is 8.78 Å². The summed E-state index contributed by atoms with van der Waals surface area (Å²) in [5, 5.41) is 7.84. The molecule has 0 aliphatic carbocycles. The summed E-state index contributed by atoms with van der Waals surface area (Å²) >= 11 is 6.20. The van der Waals surface area contributed by atoms with Crippen LogP contribution >= 0.6 is 11.6 Å². The van der Waals surface area contributed by atoms with Gasteiger partial charge >= 0.3 is 0 Å². The highest BCUT2D eigenvalue weighted by molar-refractivity contribution is 6.31. The Balaban J connectivity index is 2.33. The Kier molecular flexibility index (Phi) is 4.40. The molecular weight excluding hydrogens is 284 g/mol. The molecule has 1 unspecified atom stereocenters. The standard InChI is InChI=1S/C14H16ClF2N3/c1-8-14(15)13(20(3)19-8)7-12(18-2)10-5-4-9(16)6-11(10)17/h4-6,12,18H,7H2,1-3H3. The molecule has 1 heterocycles. The normalized spacial score (nSPS) is 12.7. The summed E-state index contributed by atoms with van der Waals surface area (Å²) in [5.74, 6) is -1.16. The maximum absolute atomic E-state index is 13.9. The fourth-order valence-corrected chi connectivity index (χ4v) is 2.48. The summed E-state index contributed by atoms with van der Waals surface area (Å²) in [6.45, 7) is 1.82. The first kappa shape index (κ1) is 14.9. The van der Waals surface area contributed by atoms with Crippen molar-refractivity contribution in [2.75, 3.05) is 7.05 Å². The smallest absolute Gasteiger partial charge is 0.130 e. The molecule has 1 atom stereocenters. The van der Waals surface area contributed by atoms with Gasteiger partial charge in [-0.05, 0) is 20.0 Å². The Labute approximate surface area is 121 Å². The first-order valence-corrected chi connectivity index (χ1v) is 6.62. The number of aromatic nitrogens is 2. The Morgan fingerprint density at radius 2 is 2.10 bits per heavy atom. The van der Waals surface area contributed by atoms with Gasteiger partial charge in [0.15, 0.2) is 0 Å². The molecule has 0 saturated carbocycles. The molecule has 1 N–H and O–H groups in total. The van der Waals surface area contributed by atoms with Crippen LogP contribution in [0.25, 0.3) is 0 Å². The average Bonchev–Trinajstić information content (AvgIpc) is 2.62. The van der Waals surface area contributed by atoms with E-state index in [4.69, 9.17) is 11.6 Å². The van der Waals surface area contributed by atoms with Crippen LogP contribution in [0.1, 0.15) is 23.0 Å². The van der Waals surface area contributed by atoms with Crippen LogP contribution in [0.5, 0.6) is 0 Å². The number of likely N-dealkylation sites (N-methyl/N-ethyl adjacent to an activating group) is 1. The maximum atomic E-state index is 13.9. The highest BCUT2D eigenvalue weighted by atomic mass is 35.5. The summed E-state index contributed by atoms with van der Waals surface area (Å²) in [5.41, 5.74) is 1.95. The molecular formula is C14H16ClF2N3. The van der Waals surface area contributed by atoms with Crippen molar-refractivity contribution < 1.29 is 8.78 Å². The lowest BCUT2D eigenvalue weighted by atomic mass is 10.0. The van der Waals surface area contributed by atoms with Gasteiger partial charge in [0.1, 0.15) is 11.6 Å². The molecule has 20 heavy (non-hydrogen) atoms. The third kappa shape index (κ3) is 2.83. The maximum Gasteiger partial charge on any atom is 0.130 e. The van der Waals surface area contributed by atoms with E-state index in [1.165, 1.54) is 12.1 Å². The summed E-state index contributed by atoms with van der Waals surface area (Å²) in [4.78, 5) is 0. The molecule has 0 bridgehead atoms. The second kappa shape index (κ2) is 5.89. The molecule has 0 radical (unpaired) electrons. The number of hydrogen-bond donors (Lipinski definition) is 1. The number of halogens is 3. The van der Waals surface area contributed by atoms with E-state index in [9.17, 15) is 8.78 Å². The highest BCUT2D eigenvalue weighted by Gasteiger charge is 2.20. The summed E-state index contributed by atoms with van der Waals surface area (Å²) in [6, 6.07) is 3.28. The molecule has 0 amide bonds. The Morgan fingerprint density at radius 1 is 1.40 bits per heavy atom. The predicted octanol–water partition coefficient (Wildman–Crippen LogP) is 3.16. The van der Waals surface area contributed by atoms with E-state index >= 15 is 0 Å². The predicted molar refractivity (Wildman–Crippen MR) is 74.8 cm³/mol. The number of nitrogens with one attached hydrogen (secondary N) is 1. The molecule has 108 valence electrons. The lowest BCUT2D eigenvalue weighted by molar-refractivity contribution is 0.510. The second-order valence-electron chi connectivity index (χ2n) is 4.68. The molecule has 0 aliphatic heterocycles. The molecule has 0 fully saturated rings. The lowest BCUT2D eigenvalue weighted by Gasteiger charge is -2.18. The lowest BCUT2D eigenvalue weighted by Crippen LogP contribution is -2.21. The number of benzene rings is 1. The minimum atomic E-state index is -0.587. The quantitative estimate of drug-likeness (QED) is 0.940. The van der Waals surface area contributed by atoms with Gasteiger partial charge in [-0.1, -0.05) is 17.7 Å². The van der Waals surface area contributed by atoms with Crippen LogP contribution < -0.4 is 5.32 Å². The number of aryl methyl sites for hydroxylation is 2. The zero-order valence-electron chi connectivity index (χ0n) is 11.5. The SMILES string of the molecule is CNC(Cc1c(Cl)c(C)nn1C)c1ccc(F)cc1F.